The largest absolute Gasteiger partial charge is 0.493 e. The minimum absolute atomic E-state index is 0.672. The van der Waals surface area contributed by atoms with Gasteiger partial charge in [0.05, 0.1) is 19.8 Å². The van der Waals surface area contributed by atoms with Crippen LogP contribution in [0.2, 0.25) is 0 Å². The Labute approximate surface area is 99.8 Å². The molecule has 2 rings (SSSR count). The second-order valence-corrected chi connectivity index (χ2v) is 5.01. The normalized spacial score (nSPS) is 24.4. The zero-order valence-electron chi connectivity index (χ0n) is 9.53. The van der Waals surface area contributed by atoms with Crippen LogP contribution in [0.5, 0.6) is 11.5 Å². The van der Waals surface area contributed by atoms with Crippen molar-refractivity contribution in [3.8, 4) is 11.5 Å². The van der Waals surface area contributed by atoms with Gasteiger partial charge in [-0.25, -0.2) is 0 Å². The van der Waals surface area contributed by atoms with Gasteiger partial charge < -0.3 is 14.6 Å². The number of hydrogen-bond donors (Lipinski definition) is 1. The van der Waals surface area contributed by atoms with Crippen molar-refractivity contribution in [3.63, 3.8) is 0 Å². The highest BCUT2D eigenvalue weighted by Crippen LogP contribution is 2.39. The van der Waals surface area contributed by atoms with E-state index in [1.54, 1.807) is 26.0 Å². The molecule has 16 heavy (non-hydrogen) atoms. The van der Waals surface area contributed by atoms with Gasteiger partial charge in [-0.2, -0.15) is 11.8 Å². The molecule has 4 heteroatoms. The van der Waals surface area contributed by atoms with Crippen LogP contribution in [0.3, 0.4) is 0 Å². The molecule has 1 aliphatic heterocycles. The molecule has 1 saturated heterocycles. The van der Waals surface area contributed by atoms with Crippen molar-refractivity contribution in [2.24, 2.45) is 0 Å². The number of benzene rings is 1. The van der Waals surface area contributed by atoms with Crippen LogP contribution in [0.1, 0.15) is 12.0 Å². The summed E-state index contributed by atoms with van der Waals surface area (Å²) in [6.45, 7) is 0. The summed E-state index contributed by atoms with van der Waals surface area (Å²) in [7, 11) is 3.22. The van der Waals surface area contributed by atoms with Crippen LogP contribution in [0.25, 0.3) is 0 Å². The molecule has 3 nitrogen and oxygen atoms in total. The average molecular weight is 240 g/mol. The molecule has 1 N–H and O–H groups in total. The third-order valence-electron chi connectivity index (χ3n) is 2.92. The molecule has 0 spiro atoms. The number of methoxy groups -OCH3 is 2. The van der Waals surface area contributed by atoms with E-state index in [-0.39, 0.29) is 0 Å². The van der Waals surface area contributed by atoms with E-state index < -0.39 is 5.60 Å². The predicted molar refractivity (Wildman–Crippen MR) is 65.4 cm³/mol. The average Bonchev–Trinajstić information content (AvgIpc) is 2.76. The van der Waals surface area contributed by atoms with Gasteiger partial charge in [0, 0.05) is 5.75 Å². The van der Waals surface area contributed by atoms with Crippen molar-refractivity contribution in [3.05, 3.63) is 23.8 Å². The van der Waals surface area contributed by atoms with Gasteiger partial charge in [0.2, 0.25) is 0 Å². The molecule has 0 radical (unpaired) electrons. The number of thioether (sulfide) groups is 1. The highest BCUT2D eigenvalue weighted by atomic mass is 32.2. The van der Waals surface area contributed by atoms with Crippen LogP contribution in [-0.2, 0) is 5.60 Å². The third-order valence-corrected chi connectivity index (χ3v) is 4.10. The summed E-state index contributed by atoms with van der Waals surface area (Å²) in [5.41, 5.74) is 0.208. The monoisotopic (exact) mass is 240 g/mol. The molecular formula is C12H16O3S. The van der Waals surface area contributed by atoms with Gasteiger partial charge in [-0.05, 0) is 29.9 Å². The van der Waals surface area contributed by atoms with Crippen molar-refractivity contribution in [1.29, 1.82) is 0 Å². The van der Waals surface area contributed by atoms with Crippen LogP contribution < -0.4 is 9.47 Å². The standard InChI is InChI=1S/C12H16O3S/c1-14-10-4-3-9(7-11(10)15-2)12(13)5-6-16-8-12/h3-4,7,13H,5-6,8H2,1-2H3. The van der Waals surface area contributed by atoms with E-state index in [9.17, 15) is 5.11 Å². The Morgan fingerprint density at radius 2 is 2.00 bits per heavy atom. The first-order chi connectivity index (χ1) is 7.69. The Balaban J connectivity index is 2.35. The summed E-state index contributed by atoms with van der Waals surface area (Å²) in [6, 6.07) is 5.62. The molecule has 0 amide bonds. The topological polar surface area (TPSA) is 38.7 Å². The number of hydrogen-bond acceptors (Lipinski definition) is 4. The van der Waals surface area contributed by atoms with Crippen molar-refractivity contribution >= 4 is 11.8 Å². The lowest BCUT2D eigenvalue weighted by atomic mass is 9.93. The summed E-state index contributed by atoms with van der Waals surface area (Å²) in [6.07, 6.45) is 0.799. The molecule has 88 valence electrons. The Kier molecular flexibility index (Phi) is 3.30. The summed E-state index contributed by atoms with van der Waals surface area (Å²) in [5.74, 6) is 3.12. The third kappa shape index (κ3) is 1.99. The molecule has 1 aromatic carbocycles. The van der Waals surface area contributed by atoms with Crippen molar-refractivity contribution in [2.45, 2.75) is 12.0 Å². The summed E-state index contributed by atoms with van der Waals surface area (Å²) in [5, 5.41) is 10.4. The van der Waals surface area contributed by atoms with Crippen molar-refractivity contribution in [1.82, 2.24) is 0 Å². The molecule has 1 unspecified atom stereocenters. The quantitative estimate of drug-likeness (QED) is 0.877. The maximum Gasteiger partial charge on any atom is 0.161 e. The van der Waals surface area contributed by atoms with E-state index >= 15 is 0 Å². The molecule has 0 bridgehead atoms. The van der Waals surface area contributed by atoms with E-state index in [2.05, 4.69) is 0 Å². The number of rotatable bonds is 3. The van der Waals surface area contributed by atoms with Gasteiger partial charge in [-0.1, -0.05) is 6.07 Å². The molecule has 0 aromatic heterocycles. The lowest BCUT2D eigenvalue weighted by Crippen LogP contribution is -2.24. The van der Waals surface area contributed by atoms with E-state index in [0.717, 1.165) is 23.5 Å². The highest BCUT2D eigenvalue weighted by Gasteiger charge is 2.34. The molecule has 1 atom stereocenters. The van der Waals surface area contributed by atoms with Crippen LogP contribution in [0.15, 0.2) is 18.2 Å². The zero-order valence-corrected chi connectivity index (χ0v) is 10.3. The Bertz CT molecular complexity index is 373. The zero-order chi connectivity index (χ0) is 11.6. The maximum atomic E-state index is 10.4. The van der Waals surface area contributed by atoms with Crippen LogP contribution in [-0.4, -0.2) is 30.8 Å². The van der Waals surface area contributed by atoms with E-state index in [1.807, 2.05) is 18.2 Å². The van der Waals surface area contributed by atoms with E-state index in [1.165, 1.54) is 0 Å². The van der Waals surface area contributed by atoms with Gasteiger partial charge in [-0.15, -0.1) is 0 Å². The molecule has 0 aliphatic carbocycles. The molecule has 1 aromatic rings. The fourth-order valence-electron chi connectivity index (χ4n) is 1.91. The molecular weight excluding hydrogens is 224 g/mol. The Morgan fingerprint density at radius 1 is 1.25 bits per heavy atom. The van der Waals surface area contributed by atoms with Gasteiger partial charge in [0.1, 0.15) is 0 Å². The second-order valence-electron chi connectivity index (χ2n) is 3.90. The fraction of sp³-hybridized carbons (Fsp3) is 0.500. The first-order valence-electron chi connectivity index (χ1n) is 5.22. The molecule has 1 aliphatic rings. The summed E-state index contributed by atoms with van der Waals surface area (Å²) < 4.78 is 10.4. The summed E-state index contributed by atoms with van der Waals surface area (Å²) in [4.78, 5) is 0. The number of aliphatic hydroxyl groups is 1. The molecule has 0 saturated carbocycles. The minimum atomic E-state index is -0.704. The number of ether oxygens (including phenoxy) is 2. The van der Waals surface area contributed by atoms with Gasteiger partial charge >= 0.3 is 0 Å². The van der Waals surface area contributed by atoms with Crippen molar-refractivity contribution in [2.75, 3.05) is 25.7 Å². The van der Waals surface area contributed by atoms with Crippen LogP contribution in [0, 0.1) is 0 Å². The first kappa shape index (κ1) is 11.6. The Hall–Kier alpha value is -0.870. The minimum Gasteiger partial charge on any atom is -0.493 e. The molecule has 1 fully saturated rings. The lowest BCUT2D eigenvalue weighted by molar-refractivity contribution is 0.0654. The maximum absolute atomic E-state index is 10.4. The first-order valence-corrected chi connectivity index (χ1v) is 6.38. The molecule has 1 heterocycles. The smallest absolute Gasteiger partial charge is 0.161 e. The van der Waals surface area contributed by atoms with Crippen LogP contribution >= 0.6 is 11.8 Å². The van der Waals surface area contributed by atoms with Gasteiger partial charge in [0.25, 0.3) is 0 Å². The Morgan fingerprint density at radius 3 is 2.56 bits per heavy atom. The van der Waals surface area contributed by atoms with E-state index in [4.69, 9.17) is 9.47 Å². The summed E-state index contributed by atoms with van der Waals surface area (Å²) >= 11 is 1.78. The van der Waals surface area contributed by atoms with Crippen LogP contribution in [0.4, 0.5) is 0 Å². The second kappa shape index (κ2) is 4.55. The SMILES string of the molecule is COc1ccc(C2(O)CCSC2)cc1OC. The van der Waals surface area contributed by atoms with E-state index in [0.29, 0.717) is 11.5 Å². The fourth-order valence-corrected chi connectivity index (χ4v) is 3.18. The lowest BCUT2D eigenvalue weighted by Gasteiger charge is -2.22. The van der Waals surface area contributed by atoms with Gasteiger partial charge in [0.15, 0.2) is 11.5 Å². The van der Waals surface area contributed by atoms with Crippen molar-refractivity contribution < 1.29 is 14.6 Å². The highest BCUT2D eigenvalue weighted by molar-refractivity contribution is 7.99. The predicted octanol–water partition coefficient (Wildman–Crippen LogP) is 2.03. The van der Waals surface area contributed by atoms with Gasteiger partial charge in [-0.3, -0.25) is 0 Å².